The van der Waals surface area contributed by atoms with Gasteiger partial charge in [-0.15, -0.1) is 0 Å². The minimum Gasteiger partial charge on any atom is -0.506 e. The van der Waals surface area contributed by atoms with E-state index in [0.717, 1.165) is 34.6 Å². The maximum absolute atomic E-state index is 12.3. The Bertz CT molecular complexity index is 1670. The first-order chi connectivity index (χ1) is 17.7. The molecule has 0 saturated heterocycles. The minimum atomic E-state index is -4.90. The van der Waals surface area contributed by atoms with Gasteiger partial charge in [0.05, 0.1) is 4.90 Å². The molecule has 0 fully saturated rings. The van der Waals surface area contributed by atoms with Crippen molar-refractivity contribution >= 4 is 101 Å². The summed E-state index contributed by atoms with van der Waals surface area (Å²) in [6, 6.07) is 19.6. The summed E-state index contributed by atoms with van der Waals surface area (Å²) < 4.78 is 67.6. The van der Waals surface area contributed by atoms with Crippen molar-refractivity contribution in [2.75, 3.05) is 38.0 Å². The molecule has 0 spiro atoms. The average molecular weight is 603 g/mol. The van der Waals surface area contributed by atoms with Crippen molar-refractivity contribution in [2.24, 2.45) is 0 Å². The van der Waals surface area contributed by atoms with Gasteiger partial charge in [0.1, 0.15) is 10.6 Å². The number of rotatable bonds is 7. The Morgan fingerprint density at radius 3 is 1.48 bits per heavy atom. The number of hydrogen-bond donors (Lipinski definition) is 3. The second-order valence-corrected chi connectivity index (χ2v) is 12.2. The van der Waals surface area contributed by atoms with Crippen LogP contribution in [0.5, 0.6) is 5.75 Å². The van der Waals surface area contributed by atoms with E-state index >= 15 is 0 Å². The Hall–Kier alpha value is -1.64. The monoisotopic (exact) mass is 602 g/mol. The molecule has 2 radical (unpaired) electrons. The maximum atomic E-state index is 12.3. The van der Waals surface area contributed by atoms with Crippen LogP contribution >= 0.6 is 0 Å². The van der Waals surface area contributed by atoms with Crippen molar-refractivity contribution in [3.63, 3.8) is 0 Å². The largest absolute Gasteiger partial charge is 0.506 e. The van der Waals surface area contributed by atoms with Crippen LogP contribution in [0.4, 0.5) is 11.4 Å². The molecule has 0 unspecified atom stereocenters. The predicted octanol–water partition coefficient (Wildman–Crippen LogP) is 3.59. The SMILES string of the molecule is CN(C)c1ccc(C(c2ccc(N(C)C)cc2)c2c(O)c(S(=O)(=O)O)cc3cc(S(=O)(=O)O)ccc23)cc1.[Na].[Na]. The number of phenols is 1. The molecule has 0 aliphatic carbocycles. The zero-order valence-electron chi connectivity index (χ0n) is 23.2. The Balaban J connectivity index is 0.00000280. The first-order valence-electron chi connectivity index (χ1n) is 11.5. The van der Waals surface area contributed by atoms with Gasteiger partial charge in [0, 0.05) is 110 Å². The van der Waals surface area contributed by atoms with E-state index in [1.165, 1.54) is 12.1 Å². The summed E-state index contributed by atoms with van der Waals surface area (Å²) in [6.07, 6.45) is 0. The maximum Gasteiger partial charge on any atom is 0.298 e. The molecule has 0 saturated carbocycles. The van der Waals surface area contributed by atoms with Crippen LogP contribution in [0.1, 0.15) is 22.6 Å². The Kier molecular flexibility index (Phi) is 11.3. The first-order valence-corrected chi connectivity index (χ1v) is 14.4. The van der Waals surface area contributed by atoms with Crippen molar-refractivity contribution in [2.45, 2.75) is 15.7 Å². The topological polar surface area (TPSA) is 135 Å². The summed E-state index contributed by atoms with van der Waals surface area (Å²) in [7, 11) is -1.92. The smallest absolute Gasteiger partial charge is 0.298 e. The molecular weight excluding hydrogens is 574 g/mol. The van der Waals surface area contributed by atoms with E-state index in [9.17, 15) is 31.0 Å². The van der Waals surface area contributed by atoms with Gasteiger partial charge in [0.15, 0.2) is 0 Å². The number of phenolic OH excluding ortho intramolecular Hbond substituents is 1. The van der Waals surface area contributed by atoms with Gasteiger partial charge in [-0.1, -0.05) is 30.3 Å². The van der Waals surface area contributed by atoms with E-state index in [1.807, 2.05) is 86.5 Å². The third-order valence-corrected chi connectivity index (χ3v) is 8.16. The molecule has 4 aromatic rings. The Morgan fingerprint density at radius 1 is 0.650 bits per heavy atom. The third-order valence-electron chi connectivity index (χ3n) is 6.44. The van der Waals surface area contributed by atoms with Crippen molar-refractivity contribution in [3.05, 3.63) is 89.5 Å². The van der Waals surface area contributed by atoms with Gasteiger partial charge in [-0.3, -0.25) is 9.11 Å². The van der Waals surface area contributed by atoms with Gasteiger partial charge in [0.2, 0.25) is 0 Å². The van der Waals surface area contributed by atoms with Gasteiger partial charge >= 0.3 is 0 Å². The number of nitrogens with zero attached hydrogens (tertiary/aromatic N) is 2. The molecule has 0 atom stereocenters. The van der Waals surface area contributed by atoms with Gasteiger partial charge in [-0.25, -0.2) is 0 Å². The molecule has 4 rings (SSSR count). The van der Waals surface area contributed by atoms with Crippen LogP contribution in [0, 0.1) is 0 Å². The average Bonchev–Trinajstić information content (AvgIpc) is 2.84. The van der Waals surface area contributed by atoms with Gasteiger partial charge < -0.3 is 14.9 Å². The van der Waals surface area contributed by atoms with Crippen molar-refractivity contribution in [1.29, 1.82) is 0 Å². The molecule has 0 aliphatic heterocycles. The first kappa shape index (κ1) is 34.6. The predicted molar refractivity (Wildman–Crippen MR) is 159 cm³/mol. The van der Waals surface area contributed by atoms with Crippen molar-refractivity contribution < 1.29 is 31.0 Å². The van der Waals surface area contributed by atoms with Crippen molar-refractivity contribution in [3.8, 4) is 5.75 Å². The molecule has 0 aliphatic rings. The standard InChI is InChI=1S/C27H28N2O7S2.2Na/c1-28(2)20-9-5-17(6-10-20)25(18-7-11-21(12-8-18)29(3)4)26-23-14-13-22(37(31,32)33)15-19(23)16-24(27(26)30)38(34,35)36;;/h5-16,25,30H,1-4H3,(H,31,32,33)(H,34,35,36);;. The molecule has 40 heavy (non-hydrogen) atoms. The summed E-state index contributed by atoms with van der Waals surface area (Å²) in [6.45, 7) is 0. The Morgan fingerprint density at radius 2 is 1.10 bits per heavy atom. The van der Waals surface area contributed by atoms with Crippen LogP contribution < -0.4 is 9.80 Å². The normalized spacial score (nSPS) is 11.6. The molecule has 0 heterocycles. The number of hydrogen-bond acceptors (Lipinski definition) is 7. The fourth-order valence-electron chi connectivity index (χ4n) is 4.48. The molecule has 0 aromatic heterocycles. The fourth-order valence-corrected chi connectivity index (χ4v) is 5.63. The van der Waals surface area contributed by atoms with Crippen LogP contribution in [0.25, 0.3) is 10.8 Å². The molecule has 0 bridgehead atoms. The summed E-state index contributed by atoms with van der Waals surface area (Å²) in [5.74, 6) is -1.36. The molecular formula is C27H28N2Na2O7S2. The van der Waals surface area contributed by atoms with Gasteiger partial charge in [-0.2, -0.15) is 16.8 Å². The molecule has 202 valence electrons. The molecule has 4 aromatic carbocycles. The molecule has 3 N–H and O–H groups in total. The van der Waals surface area contributed by atoms with Crippen LogP contribution in [0.15, 0.2) is 82.6 Å². The number of anilines is 2. The second kappa shape index (κ2) is 13.1. The van der Waals surface area contributed by atoms with E-state index in [2.05, 4.69) is 0 Å². The summed E-state index contributed by atoms with van der Waals surface area (Å²) in [5.41, 5.74) is 3.45. The number of fused-ring (bicyclic) bond motifs is 1. The van der Waals surface area contributed by atoms with Gasteiger partial charge in [0.25, 0.3) is 20.2 Å². The number of aromatic hydroxyl groups is 1. The van der Waals surface area contributed by atoms with E-state index < -0.39 is 41.7 Å². The third kappa shape index (κ3) is 7.22. The second-order valence-electron chi connectivity index (χ2n) is 9.37. The summed E-state index contributed by atoms with van der Waals surface area (Å²) in [4.78, 5) is 2.62. The molecule has 13 heteroatoms. The van der Waals surface area contributed by atoms with Crippen LogP contribution in [0.3, 0.4) is 0 Å². The van der Waals surface area contributed by atoms with Crippen molar-refractivity contribution in [1.82, 2.24) is 0 Å². The van der Waals surface area contributed by atoms with Gasteiger partial charge in [-0.05, 0) is 64.4 Å². The number of benzene rings is 4. The Labute approximate surface area is 278 Å². The zero-order chi connectivity index (χ0) is 28.0. The summed E-state index contributed by atoms with van der Waals surface area (Å²) in [5, 5.41) is 11.8. The zero-order valence-corrected chi connectivity index (χ0v) is 28.8. The molecule has 9 nitrogen and oxygen atoms in total. The van der Waals surface area contributed by atoms with Crippen LogP contribution in [-0.2, 0) is 20.2 Å². The fraction of sp³-hybridized carbons (Fsp3) is 0.185. The van der Waals surface area contributed by atoms with E-state index in [-0.39, 0.29) is 70.1 Å². The van der Waals surface area contributed by atoms with E-state index in [4.69, 9.17) is 0 Å². The van der Waals surface area contributed by atoms with E-state index in [1.54, 1.807) is 0 Å². The van der Waals surface area contributed by atoms with Crippen LogP contribution in [-0.4, -0.2) is 118 Å². The van der Waals surface area contributed by atoms with Crippen LogP contribution in [0.2, 0.25) is 0 Å². The molecule has 0 amide bonds. The minimum absolute atomic E-state index is 0. The quantitative estimate of drug-likeness (QED) is 0.165. The summed E-state index contributed by atoms with van der Waals surface area (Å²) >= 11 is 0. The van der Waals surface area contributed by atoms with E-state index in [0.29, 0.717) is 5.39 Å².